The summed E-state index contributed by atoms with van der Waals surface area (Å²) in [4.78, 5) is 4.29. The second kappa shape index (κ2) is 6.02. The van der Waals surface area contributed by atoms with Crippen LogP contribution in [0.4, 0.5) is 18.9 Å². The summed E-state index contributed by atoms with van der Waals surface area (Å²) in [6.45, 7) is 0.637. The quantitative estimate of drug-likeness (QED) is 0.862. The van der Waals surface area contributed by atoms with Gasteiger partial charge in [-0.3, -0.25) is 0 Å². The molecule has 0 amide bonds. The Bertz CT molecular complexity index is 643. The van der Waals surface area contributed by atoms with Gasteiger partial charge in [-0.25, -0.2) is 14.1 Å². The number of aryl methyl sites for hydroxylation is 2. The number of nitrogen functional groups attached to an aromatic ring is 1. The molecule has 1 aromatic heterocycles. The zero-order valence-corrected chi connectivity index (χ0v) is 11.6. The smallest absolute Gasteiger partial charge is 0.387 e. The van der Waals surface area contributed by atoms with Crippen molar-refractivity contribution in [3.63, 3.8) is 0 Å². The van der Waals surface area contributed by atoms with Gasteiger partial charge in [-0.2, -0.15) is 13.9 Å². The van der Waals surface area contributed by atoms with Gasteiger partial charge >= 0.3 is 6.61 Å². The van der Waals surface area contributed by atoms with Gasteiger partial charge in [-0.1, -0.05) is 13.8 Å². The van der Waals surface area contributed by atoms with E-state index in [4.69, 9.17) is 5.73 Å². The summed E-state index contributed by atoms with van der Waals surface area (Å²) < 4.78 is 43.7. The summed E-state index contributed by atoms with van der Waals surface area (Å²) in [6.07, 6.45) is 1.18. The van der Waals surface area contributed by atoms with Crippen molar-refractivity contribution in [1.29, 1.82) is 0 Å². The van der Waals surface area contributed by atoms with Gasteiger partial charge < -0.3 is 10.5 Å². The van der Waals surface area contributed by atoms with Crippen LogP contribution in [0.25, 0.3) is 5.69 Å². The molecule has 114 valence electrons. The average Bonchev–Trinajstić information content (AvgIpc) is 2.84. The summed E-state index contributed by atoms with van der Waals surface area (Å²) >= 11 is 0. The van der Waals surface area contributed by atoms with E-state index in [1.807, 2.05) is 13.8 Å². The van der Waals surface area contributed by atoms with Crippen LogP contribution in [0.1, 0.15) is 25.5 Å². The van der Waals surface area contributed by atoms with Crippen molar-refractivity contribution >= 4 is 5.69 Å². The van der Waals surface area contributed by atoms with Gasteiger partial charge in [0.25, 0.3) is 0 Å². The summed E-state index contributed by atoms with van der Waals surface area (Å²) in [5, 5.41) is 4.24. The molecule has 0 radical (unpaired) electrons. The van der Waals surface area contributed by atoms with Crippen molar-refractivity contribution in [3.05, 3.63) is 29.6 Å². The lowest BCUT2D eigenvalue weighted by atomic mass is 10.2. The predicted octanol–water partition coefficient (Wildman–Crippen LogP) is 2.71. The molecule has 5 nitrogen and oxygen atoms in total. The van der Waals surface area contributed by atoms with Gasteiger partial charge in [0, 0.05) is 25.0 Å². The van der Waals surface area contributed by atoms with Crippen LogP contribution in [0.2, 0.25) is 0 Å². The van der Waals surface area contributed by atoms with E-state index < -0.39 is 18.2 Å². The Hall–Kier alpha value is -2.25. The Morgan fingerprint density at radius 2 is 2.00 bits per heavy atom. The van der Waals surface area contributed by atoms with E-state index in [0.717, 1.165) is 12.1 Å². The molecular formula is C13H15F3N4O. The fourth-order valence-corrected chi connectivity index (χ4v) is 1.89. The first-order valence-electron chi connectivity index (χ1n) is 6.45. The Morgan fingerprint density at radius 3 is 2.57 bits per heavy atom. The summed E-state index contributed by atoms with van der Waals surface area (Å²) in [7, 11) is 0. The van der Waals surface area contributed by atoms with E-state index in [0.29, 0.717) is 24.5 Å². The van der Waals surface area contributed by atoms with E-state index in [1.165, 1.54) is 4.68 Å². The lowest BCUT2D eigenvalue weighted by Crippen LogP contribution is -2.09. The lowest BCUT2D eigenvalue weighted by molar-refractivity contribution is -0.0521. The third kappa shape index (κ3) is 3.09. The minimum Gasteiger partial charge on any atom is -0.432 e. The van der Waals surface area contributed by atoms with Crippen molar-refractivity contribution < 1.29 is 17.9 Å². The maximum absolute atomic E-state index is 13.6. The Labute approximate surface area is 119 Å². The van der Waals surface area contributed by atoms with Crippen LogP contribution in [0.5, 0.6) is 5.75 Å². The summed E-state index contributed by atoms with van der Waals surface area (Å²) in [5.41, 5.74) is 6.08. The molecule has 0 aliphatic rings. The number of nitrogens with zero attached hydrogens (tertiary/aromatic N) is 3. The molecule has 21 heavy (non-hydrogen) atoms. The molecule has 2 aromatic rings. The standard InChI is InChI=1S/C13H15F3N4O/c1-3-11-18-12(4-2)20(19-11)9-6-10(21-13(15)16)7(14)5-8(9)17/h5-6,13H,3-4,17H2,1-2H3. The molecule has 1 aromatic carbocycles. The Morgan fingerprint density at radius 1 is 1.29 bits per heavy atom. The van der Waals surface area contributed by atoms with Crippen LogP contribution in [-0.2, 0) is 12.8 Å². The summed E-state index contributed by atoms with van der Waals surface area (Å²) in [5.74, 6) is -0.338. The van der Waals surface area contributed by atoms with Gasteiger partial charge in [-0.15, -0.1) is 0 Å². The molecule has 0 bridgehead atoms. The highest BCUT2D eigenvalue weighted by Gasteiger charge is 2.17. The van der Waals surface area contributed by atoms with Gasteiger partial charge in [0.15, 0.2) is 17.4 Å². The number of anilines is 1. The molecule has 2 rings (SSSR count). The van der Waals surface area contributed by atoms with E-state index >= 15 is 0 Å². The molecule has 0 fully saturated rings. The lowest BCUT2D eigenvalue weighted by Gasteiger charge is -2.12. The number of ether oxygens (including phenoxy) is 1. The van der Waals surface area contributed by atoms with Crippen molar-refractivity contribution in [3.8, 4) is 11.4 Å². The van der Waals surface area contributed by atoms with E-state index in [9.17, 15) is 13.2 Å². The van der Waals surface area contributed by atoms with Crippen LogP contribution in [0.3, 0.4) is 0 Å². The maximum Gasteiger partial charge on any atom is 0.387 e. The summed E-state index contributed by atoms with van der Waals surface area (Å²) in [6, 6.07) is 2.03. The number of halogens is 3. The predicted molar refractivity (Wildman–Crippen MR) is 71.1 cm³/mol. The Balaban J connectivity index is 2.55. The van der Waals surface area contributed by atoms with E-state index in [1.54, 1.807) is 0 Å². The highest BCUT2D eigenvalue weighted by molar-refractivity contribution is 5.61. The number of rotatable bonds is 5. The van der Waals surface area contributed by atoms with Gasteiger partial charge in [0.05, 0.1) is 11.4 Å². The first-order chi connectivity index (χ1) is 9.96. The van der Waals surface area contributed by atoms with Crippen molar-refractivity contribution in [1.82, 2.24) is 14.8 Å². The molecule has 0 unspecified atom stereocenters. The van der Waals surface area contributed by atoms with Crippen LogP contribution < -0.4 is 10.5 Å². The molecule has 0 atom stereocenters. The highest BCUT2D eigenvalue weighted by Crippen LogP contribution is 2.28. The number of alkyl halides is 2. The minimum absolute atomic E-state index is 0.0661. The SMILES string of the molecule is CCc1nc(CC)n(-c2cc(OC(F)F)c(F)cc2N)n1. The second-order valence-electron chi connectivity index (χ2n) is 4.28. The van der Waals surface area contributed by atoms with E-state index in [-0.39, 0.29) is 11.4 Å². The number of hydrogen-bond acceptors (Lipinski definition) is 4. The maximum atomic E-state index is 13.6. The topological polar surface area (TPSA) is 66.0 Å². The molecule has 0 saturated heterocycles. The van der Waals surface area contributed by atoms with Crippen LogP contribution in [0.15, 0.2) is 12.1 Å². The van der Waals surface area contributed by atoms with Crippen molar-refractivity contribution in [2.45, 2.75) is 33.3 Å². The third-order valence-corrected chi connectivity index (χ3v) is 2.88. The largest absolute Gasteiger partial charge is 0.432 e. The zero-order valence-electron chi connectivity index (χ0n) is 11.6. The average molecular weight is 300 g/mol. The molecule has 2 N–H and O–H groups in total. The molecule has 0 spiro atoms. The number of benzene rings is 1. The van der Waals surface area contributed by atoms with Crippen LogP contribution >= 0.6 is 0 Å². The molecule has 1 heterocycles. The fraction of sp³-hybridized carbons (Fsp3) is 0.385. The first kappa shape index (κ1) is 15.1. The number of aromatic nitrogens is 3. The van der Waals surface area contributed by atoms with Crippen molar-refractivity contribution in [2.24, 2.45) is 0 Å². The van der Waals surface area contributed by atoms with Crippen molar-refractivity contribution in [2.75, 3.05) is 5.73 Å². The molecule has 0 aliphatic heterocycles. The van der Waals surface area contributed by atoms with Gasteiger partial charge in [0.1, 0.15) is 5.82 Å². The first-order valence-corrected chi connectivity index (χ1v) is 6.45. The molecular weight excluding hydrogens is 285 g/mol. The van der Waals surface area contributed by atoms with Crippen LogP contribution in [0, 0.1) is 5.82 Å². The zero-order chi connectivity index (χ0) is 15.6. The Kier molecular flexibility index (Phi) is 4.35. The fourth-order valence-electron chi connectivity index (χ4n) is 1.89. The number of nitrogens with two attached hydrogens (primary N) is 1. The minimum atomic E-state index is -3.12. The van der Waals surface area contributed by atoms with Gasteiger partial charge in [0.2, 0.25) is 0 Å². The molecule has 0 aliphatic carbocycles. The molecule has 8 heteroatoms. The highest BCUT2D eigenvalue weighted by atomic mass is 19.3. The van der Waals surface area contributed by atoms with Crippen LogP contribution in [-0.4, -0.2) is 21.4 Å². The molecule has 0 saturated carbocycles. The third-order valence-electron chi connectivity index (χ3n) is 2.88. The monoisotopic (exact) mass is 300 g/mol. The van der Waals surface area contributed by atoms with E-state index in [2.05, 4.69) is 14.8 Å². The number of hydrogen-bond donors (Lipinski definition) is 1. The second-order valence-corrected chi connectivity index (χ2v) is 4.28. The van der Waals surface area contributed by atoms with Gasteiger partial charge in [-0.05, 0) is 0 Å². The normalized spacial score (nSPS) is 11.1.